The number of nitrogens with zero attached hydrogens (tertiary/aromatic N) is 2. The van der Waals surface area contributed by atoms with Gasteiger partial charge in [-0.2, -0.15) is 0 Å². The zero-order chi connectivity index (χ0) is 10.3. The number of aromatic nitrogens is 1. The normalized spacial score (nSPS) is 29.5. The van der Waals surface area contributed by atoms with Crippen LogP contribution in [0, 0.1) is 12.8 Å². The second kappa shape index (κ2) is 3.49. The van der Waals surface area contributed by atoms with Crippen LogP contribution in [0.3, 0.4) is 0 Å². The summed E-state index contributed by atoms with van der Waals surface area (Å²) < 4.78 is 0. The molecule has 80 valence electrons. The summed E-state index contributed by atoms with van der Waals surface area (Å²) in [7, 11) is 0. The Morgan fingerprint density at radius 1 is 1.47 bits per heavy atom. The van der Waals surface area contributed by atoms with Crippen LogP contribution in [0.4, 0.5) is 5.69 Å². The van der Waals surface area contributed by atoms with Crippen LogP contribution >= 0.6 is 0 Å². The first-order chi connectivity index (χ1) is 7.36. The fraction of sp³-hybridized carbons (Fsp3) is 0.583. The molecule has 2 fully saturated rings. The average molecular weight is 203 g/mol. The molecule has 2 atom stereocenters. The van der Waals surface area contributed by atoms with Gasteiger partial charge in [-0.15, -0.1) is 0 Å². The molecule has 3 rings (SSSR count). The van der Waals surface area contributed by atoms with Gasteiger partial charge in [-0.25, -0.2) is 0 Å². The second-order valence-electron chi connectivity index (χ2n) is 4.63. The smallest absolute Gasteiger partial charge is 0.0455 e. The lowest BCUT2D eigenvalue weighted by molar-refractivity contribution is 0.578. The van der Waals surface area contributed by atoms with Crippen molar-refractivity contribution < 1.29 is 0 Å². The fourth-order valence-electron chi connectivity index (χ4n) is 2.94. The molecule has 0 saturated carbocycles. The highest BCUT2D eigenvalue weighted by Crippen LogP contribution is 2.32. The van der Waals surface area contributed by atoms with Crippen molar-refractivity contribution in [3.8, 4) is 0 Å². The Morgan fingerprint density at radius 2 is 2.40 bits per heavy atom. The van der Waals surface area contributed by atoms with Crippen molar-refractivity contribution in [3.05, 3.63) is 24.0 Å². The van der Waals surface area contributed by atoms with E-state index in [1.807, 2.05) is 12.4 Å². The van der Waals surface area contributed by atoms with Gasteiger partial charge in [0.05, 0.1) is 0 Å². The predicted octanol–water partition coefficient (Wildman–Crippen LogP) is 1.19. The molecule has 3 nitrogen and oxygen atoms in total. The molecule has 2 aliphatic heterocycles. The van der Waals surface area contributed by atoms with Crippen molar-refractivity contribution in [1.82, 2.24) is 10.3 Å². The van der Waals surface area contributed by atoms with Crippen LogP contribution in [0.25, 0.3) is 0 Å². The largest absolute Gasteiger partial charge is 0.367 e. The van der Waals surface area contributed by atoms with E-state index in [1.165, 1.54) is 30.8 Å². The highest BCUT2D eigenvalue weighted by Gasteiger charge is 2.37. The van der Waals surface area contributed by atoms with E-state index in [4.69, 9.17) is 0 Å². The van der Waals surface area contributed by atoms with Gasteiger partial charge < -0.3 is 10.2 Å². The summed E-state index contributed by atoms with van der Waals surface area (Å²) in [4.78, 5) is 6.72. The summed E-state index contributed by atoms with van der Waals surface area (Å²) in [6, 6.07) is 2.86. The maximum atomic E-state index is 4.16. The van der Waals surface area contributed by atoms with E-state index in [0.717, 1.165) is 12.5 Å². The number of fused-ring (bicyclic) bond motifs is 1. The van der Waals surface area contributed by atoms with Gasteiger partial charge >= 0.3 is 0 Å². The van der Waals surface area contributed by atoms with Crippen molar-refractivity contribution in [2.45, 2.75) is 19.4 Å². The van der Waals surface area contributed by atoms with Gasteiger partial charge in [-0.3, -0.25) is 4.98 Å². The second-order valence-corrected chi connectivity index (χ2v) is 4.63. The van der Waals surface area contributed by atoms with Crippen molar-refractivity contribution in [2.75, 3.05) is 24.5 Å². The van der Waals surface area contributed by atoms with Crippen LogP contribution in [-0.4, -0.2) is 30.7 Å². The third-order valence-electron chi connectivity index (χ3n) is 3.75. The van der Waals surface area contributed by atoms with Gasteiger partial charge in [0.15, 0.2) is 0 Å². The number of pyridine rings is 1. The number of nitrogens with one attached hydrogen (secondary N) is 1. The first-order valence-electron chi connectivity index (χ1n) is 5.74. The van der Waals surface area contributed by atoms with E-state index in [2.05, 4.69) is 28.2 Å². The zero-order valence-corrected chi connectivity index (χ0v) is 9.11. The van der Waals surface area contributed by atoms with Gasteiger partial charge in [0.2, 0.25) is 0 Å². The SMILES string of the molecule is Cc1cnccc1N1CC[C@H]2CNC[C@H]21. The molecule has 0 unspecified atom stereocenters. The first-order valence-corrected chi connectivity index (χ1v) is 5.74. The van der Waals surface area contributed by atoms with Crippen molar-refractivity contribution in [1.29, 1.82) is 0 Å². The summed E-state index contributed by atoms with van der Waals surface area (Å²) >= 11 is 0. The Balaban J connectivity index is 1.91. The molecular weight excluding hydrogens is 186 g/mol. The topological polar surface area (TPSA) is 28.2 Å². The van der Waals surface area contributed by atoms with E-state index in [1.54, 1.807) is 0 Å². The number of rotatable bonds is 1. The molecule has 1 aromatic heterocycles. The molecule has 1 N–H and O–H groups in total. The molecule has 0 amide bonds. The summed E-state index contributed by atoms with van der Waals surface area (Å²) in [5.74, 6) is 0.859. The van der Waals surface area contributed by atoms with Gasteiger partial charge in [0.25, 0.3) is 0 Å². The summed E-state index contributed by atoms with van der Waals surface area (Å²) in [5.41, 5.74) is 2.67. The molecule has 0 bridgehead atoms. The van der Waals surface area contributed by atoms with Crippen molar-refractivity contribution in [3.63, 3.8) is 0 Å². The van der Waals surface area contributed by atoms with Crippen molar-refractivity contribution in [2.24, 2.45) is 5.92 Å². The number of hydrogen-bond acceptors (Lipinski definition) is 3. The minimum Gasteiger partial charge on any atom is -0.367 e. The van der Waals surface area contributed by atoms with Crippen LogP contribution in [0.15, 0.2) is 18.5 Å². The number of hydrogen-bond donors (Lipinski definition) is 1. The molecule has 0 radical (unpaired) electrons. The molecular formula is C12H17N3. The van der Waals surface area contributed by atoms with Gasteiger partial charge in [0, 0.05) is 43.8 Å². The summed E-state index contributed by atoms with van der Waals surface area (Å²) in [6.45, 7) is 5.71. The van der Waals surface area contributed by atoms with E-state index in [9.17, 15) is 0 Å². The lowest BCUT2D eigenvalue weighted by Crippen LogP contribution is -2.34. The van der Waals surface area contributed by atoms with E-state index >= 15 is 0 Å². The Kier molecular flexibility index (Phi) is 2.13. The summed E-state index contributed by atoms with van der Waals surface area (Å²) in [5, 5.41) is 3.49. The number of aryl methyl sites for hydroxylation is 1. The molecule has 2 aliphatic rings. The molecule has 0 spiro atoms. The minimum atomic E-state index is 0.714. The monoisotopic (exact) mass is 203 g/mol. The molecule has 1 aromatic rings. The number of anilines is 1. The van der Waals surface area contributed by atoms with Crippen LogP contribution in [-0.2, 0) is 0 Å². The molecule has 0 aliphatic carbocycles. The standard InChI is InChI=1S/C12H17N3/c1-9-6-13-4-2-11(9)15-5-3-10-7-14-8-12(10)15/h2,4,6,10,12,14H,3,5,7-8H2,1H3/t10-,12+/m0/s1. The average Bonchev–Trinajstić information content (AvgIpc) is 2.80. The minimum absolute atomic E-state index is 0.714. The van der Waals surface area contributed by atoms with Gasteiger partial charge in [-0.05, 0) is 30.9 Å². The lowest BCUT2D eigenvalue weighted by Gasteiger charge is -2.26. The fourth-order valence-corrected chi connectivity index (χ4v) is 2.94. The maximum absolute atomic E-state index is 4.16. The highest BCUT2D eigenvalue weighted by molar-refractivity contribution is 5.53. The summed E-state index contributed by atoms with van der Waals surface area (Å²) in [6.07, 6.45) is 5.20. The van der Waals surface area contributed by atoms with Crippen LogP contribution in [0.2, 0.25) is 0 Å². The molecule has 15 heavy (non-hydrogen) atoms. The quantitative estimate of drug-likeness (QED) is 0.743. The van der Waals surface area contributed by atoms with Gasteiger partial charge in [0.1, 0.15) is 0 Å². The van der Waals surface area contributed by atoms with Crippen LogP contribution in [0.1, 0.15) is 12.0 Å². The van der Waals surface area contributed by atoms with E-state index in [0.29, 0.717) is 6.04 Å². The third kappa shape index (κ3) is 1.42. The van der Waals surface area contributed by atoms with Crippen molar-refractivity contribution >= 4 is 5.69 Å². The maximum Gasteiger partial charge on any atom is 0.0455 e. The Hall–Kier alpha value is -1.09. The van der Waals surface area contributed by atoms with E-state index < -0.39 is 0 Å². The van der Waals surface area contributed by atoms with Gasteiger partial charge in [-0.1, -0.05) is 0 Å². The Bertz CT molecular complexity index is 364. The first kappa shape index (κ1) is 9.16. The molecule has 3 heterocycles. The molecule has 0 aromatic carbocycles. The Labute approximate surface area is 90.5 Å². The zero-order valence-electron chi connectivity index (χ0n) is 9.11. The molecule has 3 heteroatoms. The van der Waals surface area contributed by atoms with E-state index in [-0.39, 0.29) is 0 Å². The Morgan fingerprint density at radius 3 is 3.27 bits per heavy atom. The molecule has 2 saturated heterocycles. The predicted molar refractivity (Wildman–Crippen MR) is 61.1 cm³/mol. The third-order valence-corrected chi connectivity index (χ3v) is 3.75. The van der Waals surface area contributed by atoms with Crippen LogP contribution < -0.4 is 10.2 Å². The van der Waals surface area contributed by atoms with Crippen LogP contribution in [0.5, 0.6) is 0 Å². The highest BCUT2D eigenvalue weighted by atomic mass is 15.2. The lowest BCUT2D eigenvalue weighted by atomic mass is 10.0.